The summed E-state index contributed by atoms with van der Waals surface area (Å²) < 4.78 is 11.8. The van der Waals surface area contributed by atoms with Gasteiger partial charge in [-0.15, -0.1) is 0 Å². The molecule has 2 rings (SSSR count). The summed E-state index contributed by atoms with van der Waals surface area (Å²) in [7, 11) is 0. The number of hydrogen-bond acceptors (Lipinski definition) is 2. The first-order chi connectivity index (χ1) is 7.49. The summed E-state index contributed by atoms with van der Waals surface area (Å²) in [5, 5.41) is 0. The molecule has 0 aliphatic carbocycles. The van der Waals surface area contributed by atoms with Gasteiger partial charge >= 0.3 is 0 Å². The highest BCUT2D eigenvalue weighted by atomic mass is 16.7. The summed E-state index contributed by atoms with van der Waals surface area (Å²) >= 11 is 0. The van der Waals surface area contributed by atoms with Gasteiger partial charge in [-0.3, -0.25) is 0 Å². The molecule has 1 aromatic carbocycles. The fraction of sp³-hybridized carbons (Fsp3) is 0.429. The third kappa shape index (κ3) is 2.18. The highest BCUT2D eigenvalue weighted by Gasteiger charge is 2.42. The second kappa shape index (κ2) is 4.04. The van der Waals surface area contributed by atoms with E-state index in [9.17, 15) is 0 Å². The third-order valence-corrected chi connectivity index (χ3v) is 2.71. The molecule has 1 heterocycles. The molecule has 86 valence electrons. The fourth-order valence-electron chi connectivity index (χ4n) is 2.01. The molecule has 1 fully saturated rings. The van der Waals surface area contributed by atoms with Crippen molar-refractivity contribution in [1.82, 2.24) is 0 Å². The zero-order valence-electron chi connectivity index (χ0n) is 10.1. The van der Waals surface area contributed by atoms with Gasteiger partial charge in [-0.25, -0.2) is 0 Å². The minimum atomic E-state index is -0.538. The van der Waals surface area contributed by atoms with Gasteiger partial charge in [-0.2, -0.15) is 0 Å². The average Bonchev–Trinajstić information content (AvgIpc) is 2.56. The lowest BCUT2D eigenvalue weighted by Crippen LogP contribution is -2.21. The molecule has 0 aromatic heterocycles. The van der Waals surface area contributed by atoms with Crippen LogP contribution in [0.3, 0.4) is 0 Å². The molecule has 1 aliphatic heterocycles. The molecular formula is C14H18O2. The first kappa shape index (κ1) is 11.4. The van der Waals surface area contributed by atoms with E-state index in [1.165, 1.54) is 0 Å². The van der Waals surface area contributed by atoms with E-state index in [-0.39, 0.29) is 12.2 Å². The molecule has 16 heavy (non-hydrogen) atoms. The highest BCUT2D eigenvalue weighted by molar-refractivity contribution is 5.23. The van der Waals surface area contributed by atoms with Crippen molar-refractivity contribution in [2.75, 3.05) is 0 Å². The summed E-state index contributed by atoms with van der Waals surface area (Å²) in [5.74, 6) is -0.538. The van der Waals surface area contributed by atoms with Crippen molar-refractivity contribution in [3.63, 3.8) is 0 Å². The largest absolute Gasteiger partial charge is 0.340 e. The van der Waals surface area contributed by atoms with E-state index in [0.29, 0.717) is 0 Å². The van der Waals surface area contributed by atoms with Crippen LogP contribution in [0.5, 0.6) is 0 Å². The molecule has 2 heteroatoms. The van der Waals surface area contributed by atoms with Crippen molar-refractivity contribution in [2.45, 2.75) is 38.8 Å². The molecule has 1 aromatic rings. The molecule has 0 saturated carbocycles. The zero-order valence-corrected chi connectivity index (χ0v) is 10.1. The van der Waals surface area contributed by atoms with Crippen LogP contribution in [0.4, 0.5) is 0 Å². The van der Waals surface area contributed by atoms with Crippen molar-refractivity contribution < 1.29 is 9.47 Å². The standard InChI is InChI=1S/C14H18O2/c1-10(2)12-13(16-14(3,4)15-12)11-8-6-5-7-9-11/h5-9,12-13H,1H2,2-4H3/t12-,13-/m1/s1. The van der Waals surface area contributed by atoms with Crippen LogP contribution in [0.15, 0.2) is 42.5 Å². The Kier molecular flexibility index (Phi) is 2.87. The highest BCUT2D eigenvalue weighted by Crippen LogP contribution is 2.40. The molecule has 0 bridgehead atoms. The van der Waals surface area contributed by atoms with Gasteiger partial charge in [0.1, 0.15) is 12.2 Å². The van der Waals surface area contributed by atoms with Gasteiger partial charge in [0, 0.05) is 0 Å². The Morgan fingerprint density at radius 2 is 1.81 bits per heavy atom. The van der Waals surface area contributed by atoms with Crippen LogP contribution in [0.2, 0.25) is 0 Å². The minimum Gasteiger partial charge on any atom is -0.340 e. The lowest BCUT2D eigenvalue weighted by Gasteiger charge is -2.16. The van der Waals surface area contributed by atoms with E-state index in [1.807, 2.05) is 39.0 Å². The van der Waals surface area contributed by atoms with Gasteiger partial charge in [0.2, 0.25) is 0 Å². The van der Waals surface area contributed by atoms with Crippen LogP contribution >= 0.6 is 0 Å². The van der Waals surface area contributed by atoms with Crippen molar-refractivity contribution in [3.05, 3.63) is 48.0 Å². The van der Waals surface area contributed by atoms with E-state index in [2.05, 4.69) is 18.7 Å². The molecular weight excluding hydrogens is 200 g/mol. The normalized spacial score (nSPS) is 27.9. The molecule has 0 amide bonds. The van der Waals surface area contributed by atoms with Gasteiger partial charge in [0.05, 0.1) is 0 Å². The first-order valence-corrected chi connectivity index (χ1v) is 5.55. The van der Waals surface area contributed by atoms with Crippen LogP contribution < -0.4 is 0 Å². The number of hydrogen-bond donors (Lipinski definition) is 0. The van der Waals surface area contributed by atoms with E-state index >= 15 is 0 Å². The van der Waals surface area contributed by atoms with E-state index in [4.69, 9.17) is 9.47 Å². The third-order valence-electron chi connectivity index (χ3n) is 2.71. The van der Waals surface area contributed by atoms with E-state index < -0.39 is 5.79 Å². The molecule has 0 N–H and O–H groups in total. The number of ether oxygens (including phenoxy) is 2. The van der Waals surface area contributed by atoms with Crippen LogP contribution in [0.1, 0.15) is 32.4 Å². The summed E-state index contributed by atoms with van der Waals surface area (Å²) in [6.45, 7) is 9.82. The monoisotopic (exact) mass is 218 g/mol. The predicted octanol–water partition coefficient (Wildman–Crippen LogP) is 3.46. The van der Waals surface area contributed by atoms with Crippen LogP contribution in [0.25, 0.3) is 0 Å². The van der Waals surface area contributed by atoms with Gasteiger partial charge in [-0.1, -0.05) is 36.9 Å². The van der Waals surface area contributed by atoms with Crippen molar-refractivity contribution in [2.24, 2.45) is 0 Å². The molecule has 0 unspecified atom stereocenters. The van der Waals surface area contributed by atoms with Crippen molar-refractivity contribution >= 4 is 0 Å². The summed E-state index contributed by atoms with van der Waals surface area (Å²) in [5.41, 5.74) is 2.14. The maximum absolute atomic E-state index is 5.93. The zero-order chi connectivity index (χ0) is 11.8. The van der Waals surface area contributed by atoms with E-state index in [0.717, 1.165) is 11.1 Å². The van der Waals surface area contributed by atoms with Gasteiger partial charge < -0.3 is 9.47 Å². The topological polar surface area (TPSA) is 18.5 Å². The molecule has 1 aliphatic rings. The lowest BCUT2D eigenvalue weighted by molar-refractivity contribution is -0.144. The lowest BCUT2D eigenvalue weighted by atomic mass is 10.0. The number of benzene rings is 1. The first-order valence-electron chi connectivity index (χ1n) is 5.55. The molecule has 2 nitrogen and oxygen atoms in total. The maximum Gasteiger partial charge on any atom is 0.164 e. The Morgan fingerprint density at radius 1 is 1.19 bits per heavy atom. The number of rotatable bonds is 2. The quantitative estimate of drug-likeness (QED) is 0.708. The van der Waals surface area contributed by atoms with Crippen LogP contribution in [-0.4, -0.2) is 11.9 Å². The second-order valence-electron chi connectivity index (χ2n) is 4.73. The summed E-state index contributed by atoms with van der Waals surface area (Å²) in [4.78, 5) is 0. The Morgan fingerprint density at radius 3 is 2.38 bits per heavy atom. The molecule has 2 atom stereocenters. The second-order valence-corrected chi connectivity index (χ2v) is 4.73. The van der Waals surface area contributed by atoms with Gasteiger partial charge in [0.15, 0.2) is 5.79 Å². The summed E-state index contributed by atoms with van der Waals surface area (Å²) in [6, 6.07) is 10.1. The SMILES string of the molecule is C=C(C)[C@H]1OC(C)(C)O[C@@H]1c1ccccc1. The average molecular weight is 218 g/mol. The molecule has 1 saturated heterocycles. The smallest absolute Gasteiger partial charge is 0.164 e. The fourth-order valence-corrected chi connectivity index (χ4v) is 2.01. The summed E-state index contributed by atoms with van der Waals surface area (Å²) in [6.07, 6.45) is -0.105. The van der Waals surface area contributed by atoms with Gasteiger partial charge in [-0.05, 0) is 31.9 Å². The Balaban J connectivity index is 2.29. The van der Waals surface area contributed by atoms with Crippen LogP contribution in [0, 0.1) is 0 Å². The van der Waals surface area contributed by atoms with Crippen LogP contribution in [-0.2, 0) is 9.47 Å². The van der Waals surface area contributed by atoms with Crippen molar-refractivity contribution in [1.29, 1.82) is 0 Å². The minimum absolute atomic E-state index is 0.0475. The predicted molar refractivity (Wildman–Crippen MR) is 64.0 cm³/mol. The van der Waals surface area contributed by atoms with Crippen molar-refractivity contribution in [3.8, 4) is 0 Å². The Bertz CT molecular complexity index is 381. The molecule has 0 spiro atoms. The maximum atomic E-state index is 5.93. The Labute approximate surface area is 96.9 Å². The molecule has 0 radical (unpaired) electrons. The van der Waals surface area contributed by atoms with Gasteiger partial charge in [0.25, 0.3) is 0 Å². The Hall–Kier alpha value is -1.12. The van der Waals surface area contributed by atoms with E-state index in [1.54, 1.807) is 0 Å².